The lowest BCUT2D eigenvalue weighted by atomic mass is 9.46. The molecule has 0 amide bonds. The summed E-state index contributed by atoms with van der Waals surface area (Å²) in [7, 11) is -0.737. The number of allylic oxidation sites excluding steroid dienone is 4. The predicted molar refractivity (Wildman–Crippen MR) is 158 cm³/mol. The molecule has 0 bridgehead atoms. The van der Waals surface area contributed by atoms with Crippen molar-refractivity contribution in [1.82, 2.24) is 0 Å². The number of rotatable bonds is 8. The van der Waals surface area contributed by atoms with E-state index in [0.29, 0.717) is 23.5 Å². The maximum Gasteiger partial charge on any atom is 0.185 e. The lowest BCUT2D eigenvalue weighted by Crippen LogP contribution is -2.65. The molecular formula is C29H50N2O5Si2. The summed E-state index contributed by atoms with van der Waals surface area (Å²) >= 11 is 0. The maximum absolute atomic E-state index is 10.6. The van der Waals surface area contributed by atoms with E-state index in [0.717, 1.165) is 37.8 Å². The molecule has 0 radical (unpaired) electrons. The summed E-state index contributed by atoms with van der Waals surface area (Å²) in [6, 6.07) is 0. The molecule has 38 heavy (non-hydrogen) atoms. The van der Waals surface area contributed by atoms with Crippen molar-refractivity contribution in [3.63, 3.8) is 0 Å². The summed E-state index contributed by atoms with van der Waals surface area (Å²) in [6.45, 7) is 18.2. The zero-order chi connectivity index (χ0) is 28.1. The maximum atomic E-state index is 10.6. The Labute approximate surface area is 232 Å². The Morgan fingerprint density at radius 2 is 1.76 bits per heavy atom. The molecule has 0 unspecified atom stereocenters. The van der Waals surface area contributed by atoms with Gasteiger partial charge < -0.3 is 23.6 Å². The predicted octanol–water partition coefficient (Wildman–Crippen LogP) is 6.14. The number of nitrogens with zero attached hydrogens (tertiary/aromatic N) is 2. The van der Waals surface area contributed by atoms with Crippen LogP contribution in [0.25, 0.3) is 0 Å². The van der Waals surface area contributed by atoms with Crippen LogP contribution in [0.3, 0.4) is 0 Å². The van der Waals surface area contributed by atoms with E-state index in [1.165, 1.54) is 5.57 Å². The van der Waals surface area contributed by atoms with E-state index in [1.54, 1.807) is 14.2 Å². The van der Waals surface area contributed by atoms with Crippen molar-refractivity contribution in [2.45, 2.75) is 96.9 Å². The van der Waals surface area contributed by atoms with Gasteiger partial charge in [0.15, 0.2) is 16.6 Å². The van der Waals surface area contributed by atoms with Gasteiger partial charge >= 0.3 is 0 Å². The fourth-order valence-electron chi connectivity index (χ4n) is 8.58. The fourth-order valence-corrected chi connectivity index (χ4v) is 11.2. The Kier molecular flexibility index (Phi) is 8.04. The van der Waals surface area contributed by atoms with E-state index in [-0.39, 0.29) is 23.5 Å². The summed E-state index contributed by atoms with van der Waals surface area (Å²) in [6.07, 6.45) is 11.8. The first-order chi connectivity index (χ1) is 17.6. The van der Waals surface area contributed by atoms with Gasteiger partial charge in [-0.25, -0.2) is 0 Å². The number of fused-ring (bicyclic) bond motifs is 5. The molecule has 4 aliphatic rings. The number of hydrogen-bond donors (Lipinski definition) is 1. The highest BCUT2D eigenvalue weighted by Gasteiger charge is 2.69. The van der Waals surface area contributed by atoms with Crippen LogP contribution < -0.4 is 0 Å². The van der Waals surface area contributed by atoms with E-state index in [4.69, 9.17) is 18.5 Å². The third kappa shape index (κ3) is 5.02. The van der Waals surface area contributed by atoms with Crippen LogP contribution in [0.5, 0.6) is 0 Å². The third-order valence-corrected chi connectivity index (χ3v) is 11.6. The van der Waals surface area contributed by atoms with E-state index in [1.807, 2.05) is 0 Å². The highest BCUT2D eigenvalue weighted by Crippen LogP contribution is 2.69. The van der Waals surface area contributed by atoms with Gasteiger partial charge in [-0.15, -0.1) is 0 Å². The summed E-state index contributed by atoms with van der Waals surface area (Å²) in [5, 5.41) is 19.2. The first-order valence-electron chi connectivity index (χ1n) is 14.2. The second-order valence-corrected chi connectivity index (χ2v) is 23.1. The van der Waals surface area contributed by atoms with Gasteiger partial charge in [0.2, 0.25) is 0 Å². The number of aliphatic hydroxyl groups excluding tert-OH is 1. The van der Waals surface area contributed by atoms with Crippen LogP contribution in [0.4, 0.5) is 0 Å². The quantitative estimate of drug-likeness (QED) is 0.218. The van der Waals surface area contributed by atoms with E-state index in [2.05, 4.69) is 81.7 Å². The van der Waals surface area contributed by atoms with E-state index in [9.17, 15) is 5.11 Å². The molecule has 0 aromatic rings. The van der Waals surface area contributed by atoms with Gasteiger partial charge in [0.25, 0.3) is 0 Å². The normalized spacial score (nSPS) is 40.3. The topological polar surface area (TPSA) is 81.9 Å². The Morgan fingerprint density at radius 1 is 1.05 bits per heavy atom. The van der Waals surface area contributed by atoms with Crippen molar-refractivity contribution < 1.29 is 23.6 Å². The molecule has 7 nitrogen and oxygen atoms in total. The summed E-state index contributed by atoms with van der Waals surface area (Å²) in [4.78, 5) is 10.4. The molecule has 3 fully saturated rings. The molecular weight excluding hydrogens is 513 g/mol. The van der Waals surface area contributed by atoms with Gasteiger partial charge in [0.1, 0.15) is 31.2 Å². The Bertz CT molecular complexity index is 1030. The molecule has 4 aliphatic carbocycles. The fraction of sp³-hybridized carbons (Fsp3) is 0.793. The van der Waals surface area contributed by atoms with E-state index < -0.39 is 22.2 Å². The van der Waals surface area contributed by atoms with Crippen LogP contribution in [0.1, 0.15) is 46.0 Å². The summed E-state index contributed by atoms with van der Waals surface area (Å²) in [5.41, 5.74) is 1.98. The van der Waals surface area contributed by atoms with Gasteiger partial charge in [-0.1, -0.05) is 35.8 Å². The molecule has 0 saturated heterocycles. The number of hydrogen-bond acceptors (Lipinski definition) is 7. The average Bonchev–Trinajstić information content (AvgIpc) is 3.07. The minimum atomic E-state index is -2.02. The van der Waals surface area contributed by atoms with E-state index >= 15 is 0 Å². The minimum Gasteiger partial charge on any atom is -0.414 e. The summed E-state index contributed by atoms with van der Waals surface area (Å²) < 4.78 is 14.3. The molecule has 0 aromatic heterocycles. The lowest BCUT2D eigenvalue weighted by Gasteiger charge is -2.62. The van der Waals surface area contributed by atoms with Crippen molar-refractivity contribution in [1.29, 1.82) is 0 Å². The monoisotopic (exact) mass is 562 g/mol. The van der Waals surface area contributed by atoms with Crippen LogP contribution in [0.2, 0.25) is 39.3 Å². The highest BCUT2D eigenvalue weighted by molar-refractivity contribution is 6.70. The molecule has 3 saturated carbocycles. The molecule has 7 atom stereocenters. The molecule has 214 valence electrons. The number of oxime groups is 2. The average molecular weight is 563 g/mol. The Morgan fingerprint density at radius 3 is 2.34 bits per heavy atom. The van der Waals surface area contributed by atoms with Crippen molar-refractivity contribution in [3.8, 4) is 0 Å². The Balaban J connectivity index is 1.86. The molecule has 1 N–H and O–H groups in total. The molecule has 0 heterocycles. The zero-order valence-corrected chi connectivity index (χ0v) is 27.3. The van der Waals surface area contributed by atoms with Gasteiger partial charge in [-0.3, -0.25) is 0 Å². The highest BCUT2D eigenvalue weighted by atomic mass is 28.4. The lowest BCUT2D eigenvalue weighted by molar-refractivity contribution is -0.134. The minimum absolute atomic E-state index is 0.0809. The van der Waals surface area contributed by atoms with Crippen molar-refractivity contribution in [2.24, 2.45) is 38.9 Å². The van der Waals surface area contributed by atoms with Crippen LogP contribution in [-0.2, 0) is 18.5 Å². The first-order valence-corrected chi connectivity index (χ1v) is 21.1. The second kappa shape index (κ2) is 10.3. The first kappa shape index (κ1) is 29.7. The van der Waals surface area contributed by atoms with Gasteiger partial charge in [-0.2, -0.15) is 0 Å². The third-order valence-electron chi connectivity index (χ3n) is 9.61. The standard InChI is InChI=1S/C29H50N2O5Si2/c1-27-15-13-21(30-33-3)17-20(27)11-12-22-23-14-16-29(36-38(8,9)10,25(19-32)31-34-4)28(23,2)18-24(26(22)27)35-37(5,6)7/h13,15,17,22-24,26,32H,11-12,14,16,18-19H2,1-10H3/b30-21-,31-25+/t22-,23-,24-,26+,27-,28-,29-/m0/s1. The second-order valence-electron chi connectivity index (χ2n) is 14.2. The molecule has 0 aliphatic heterocycles. The van der Waals surface area contributed by atoms with Crippen molar-refractivity contribution >= 4 is 28.1 Å². The van der Waals surface area contributed by atoms with Crippen LogP contribution in [-0.4, -0.2) is 65.7 Å². The van der Waals surface area contributed by atoms with Crippen molar-refractivity contribution in [2.75, 3.05) is 20.8 Å². The summed E-state index contributed by atoms with van der Waals surface area (Å²) in [5.74, 6) is 1.30. The SMILES string of the molecule is CO/N=C1/C=C[C@@]2(C)C(=C1)CC[C@@H]1[C@@H]2[C@@H](O[Si](C)(C)C)C[C@@]2(C)[C@H]1CC[C@]2(O[Si](C)(C)C)/C(CO)=N/OC. The molecule has 4 rings (SSSR count). The van der Waals surface area contributed by atoms with Crippen LogP contribution in [0.15, 0.2) is 34.1 Å². The van der Waals surface area contributed by atoms with Crippen LogP contribution in [0, 0.1) is 28.6 Å². The van der Waals surface area contributed by atoms with Gasteiger partial charge in [-0.05, 0) is 101 Å². The zero-order valence-electron chi connectivity index (χ0n) is 25.3. The molecule has 0 spiro atoms. The van der Waals surface area contributed by atoms with Gasteiger partial charge in [0.05, 0.1) is 6.61 Å². The van der Waals surface area contributed by atoms with Crippen molar-refractivity contribution in [3.05, 3.63) is 23.8 Å². The van der Waals surface area contributed by atoms with Crippen LogP contribution >= 0.6 is 0 Å². The molecule has 0 aromatic carbocycles. The Hall–Kier alpha value is -1.27. The van der Waals surface area contributed by atoms with Gasteiger partial charge in [0, 0.05) is 16.9 Å². The smallest absolute Gasteiger partial charge is 0.185 e. The number of aliphatic hydroxyl groups is 1. The largest absolute Gasteiger partial charge is 0.414 e. The molecule has 9 heteroatoms.